The van der Waals surface area contributed by atoms with E-state index in [1.165, 1.54) is 30.0 Å². The number of hydrogen-bond donors (Lipinski definition) is 1. The van der Waals surface area contributed by atoms with Crippen LogP contribution in [0.4, 0.5) is 5.69 Å². The van der Waals surface area contributed by atoms with E-state index in [1.54, 1.807) is 12.1 Å². The van der Waals surface area contributed by atoms with Gasteiger partial charge in [0.05, 0.1) is 16.2 Å². The molecule has 2 unspecified atom stereocenters. The number of rotatable bonds is 6. The lowest BCUT2D eigenvalue weighted by molar-refractivity contribution is -0.384. The molecule has 2 atom stereocenters. The summed E-state index contributed by atoms with van der Waals surface area (Å²) in [5.74, 6) is 0.735. The number of halogens is 1. The van der Waals surface area contributed by atoms with Crippen LogP contribution in [0.3, 0.4) is 0 Å². The van der Waals surface area contributed by atoms with Gasteiger partial charge in [-0.25, -0.2) is 5.43 Å². The van der Waals surface area contributed by atoms with Crippen LogP contribution in [-0.4, -0.2) is 17.0 Å². The smallest absolute Gasteiger partial charge is 0.270 e. The third-order valence-corrected chi connectivity index (χ3v) is 6.08. The van der Waals surface area contributed by atoms with Crippen molar-refractivity contribution in [2.24, 2.45) is 11.0 Å². The summed E-state index contributed by atoms with van der Waals surface area (Å²) in [4.78, 5) is 23.0. The van der Waals surface area contributed by atoms with Crippen molar-refractivity contribution in [1.29, 1.82) is 0 Å². The topological polar surface area (TPSA) is 97.7 Å². The maximum atomic E-state index is 12.4. The molecule has 2 aromatic carbocycles. The second-order valence-electron chi connectivity index (χ2n) is 9.18. The molecule has 1 N–H and O–H groups in total. The Morgan fingerprint density at radius 2 is 1.91 bits per heavy atom. The first-order chi connectivity index (χ1) is 15.6. The molecular weight excluding hydrogens is 442 g/mol. The highest BCUT2D eigenvalue weighted by molar-refractivity contribution is 6.33. The lowest BCUT2D eigenvalue weighted by Gasteiger charge is -2.19. The van der Waals surface area contributed by atoms with Gasteiger partial charge in [0.2, 0.25) is 5.91 Å². The Hall–Kier alpha value is -3.45. The molecule has 0 bridgehead atoms. The molecule has 0 aliphatic heterocycles. The number of hydrogen-bond acceptors (Lipinski definition) is 5. The Bertz CT molecular complexity index is 1230. The highest BCUT2D eigenvalue weighted by atomic mass is 35.5. The predicted molar refractivity (Wildman–Crippen MR) is 128 cm³/mol. The number of carbonyl (C=O) groups excluding carboxylic acids is 1. The fourth-order valence-corrected chi connectivity index (χ4v) is 3.92. The Morgan fingerprint density at radius 3 is 2.58 bits per heavy atom. The van der Waals surface area contributed by atoms with Gasteiger partial charge in [0.1, 0.15) is 11.5 Å². The standard InChI is InChI=1S/C25H24ClN3O4/c1-25(2,3)16-6-4-15(5-7-16)19-13-20(19)24(30)28-27-14-18-9-11-23(33-18)21-12-17(29(31)32)8-10-22(21)26/h4-12,14,19-20H,13H2,1-3H3,(H,28,30). The average Bonchev–Trinajstić information content (AvgIpc) is 3.44. The Balaban J connectivity index is 1.35. The van der Waals surface area contributed by atoms with Gasteiger partial charge in [-0.2, -0.15) is 5.10 Å². The maximum Gasteiger partial charge on any atom is 0.270 e. The van der Waals surface area contributed by atoms with Crippen molar-refractivity contribution in [2.45, 2.75) is 38.5 Å². The Morgan fingerprint density at radius 1 is 1.18 bits per heavy atom. The summed E-state index contributed by atoms with van der Waals surface area (Å²) in [6, 6.07) is 15.9. The number of benzene rings is 2. The quantitative estimate of drug-likeness (QED) is 0.272. The van der Waals surface area contributed by atoms with Gasteiger partial charge in [0, 0.05) is 23.6 Å². The molecule has 1 amide bonds. The highest BCUT2D eigenvalue weighted by Crippen LogP contribution is 2.47. The van der Waals surface area contributed by atoms with Crippen molar-refractivity contribution in [3.63, 3.8) is 0 Å². The van der Waals surface area contributed by atoms with Crippen LogP contribution in [0.15, 0.2) is 64.1 Å². The van der Waals surface area contributed by atoms with Crippen LogP contribution in [0, 0.1) is 16.0 Å². The van der Waals surface area contributed by atoms with E-state index in [4.69, 9.17) is 16.0 Å². The first-order valence-corrected chi connectivity index (χ1v) is 11.0. The number of hydrazone groups is 1. The maximum absolute atomic E-state index is 12.4. The van der Waals surface area contributed by atoms with Crippen LogP contribution in [0.2, 0.25) is 5.02 Å². The van der Waals surface area contributed by atoms with E-state index in [2.05, 4.69) is 55.6 Å². The van der Waals surface area contributed by atoms with Gasteiger partial charge in [0.25, 0.3) is 5.69 Å². The number of nitro groups is 1. The molecule has 33 heavy (non-hydrogen) atoms. The molecule has 0 spiro atoms. The van der Waals surface area contributed by atoms with E-state index in [9.17, 15) is 14.9 Å². The lowest BCUT2D eigenvalue weighted by atomic mass is 9.86. The number of nitrogens with one attached hydrogen (secondary N) is 1. The van der Waals surface area contributed by atoms with Gasteiger partial charge in [-0.15, -0.1) is 0 Å². The van der Waals surface area contributed by atoms with E-state index < -0.39 is 4.92 Å². The van der Waals surface area contributed by atoms with Crippen molar-refractivity contribution in [2.75, 3.05) is 0 Å². The van der Waals surface area contributed by atoms with Crippen molar-refractivity contribution in [3.05, 3.63) is 86.6 Å². The summed E-state index contributed by atoms with van der Waals surface area (Å²) in [5, 5.41) is 15.3. The first kappa shape index (κ1) is 22.7. The van der Waals surface area contributed by atoms with Crippen LogP contribution < -0.4 is 5.43 Å². The monoisotopic (exact) mass is 465 g/mol. The molecule has 1 aromatic heterocycles. The second-order valence-corrected chi connectivity index (χ2v) is 9.59. The molecular formula is C25H24ClN3O4. The van der Waals surface area contributed by atoms with Gasteiger partial charge in [-0.1, -0.05) is 56.6 Å². The lowest BCUT2D eigenvalue weighted by Crippen LogP contribution is -2.20. The summed E-state index contributed by atoms with van der Waals surface area (Å²) in [7, 11) is 0. The minimum absolute atomic E-state index is 0.0830. The third-order valence-electron chi connectivity index (χ3n) is 5.75. The normalized spacial score (nSPS) is 17.8. The van der Waals surface area contributed by atoms with Crippen LogP contribution >= 0.6 is 11.6 Å². The van der Waals surface area contributed by atoms with E-state index in [1.807, 2.05) is 0 Å². The van der Waals surface area contributed by atoms with Crippen LogP contribution in [0.5, 0.6) is 0 Å². The molecule has 8 heteroatoms. The van der Waals surface area contributed by atoms with E-state index in [0.29, 0.717) is 22.1 Å². The molecule has 4 rings (SSSR count). The third kappa shape index (κ3) is 5.14. The molecule has 1 aliphatic rings. The average molecular weight is 466 g/mol. The molecule has 1 fully saturated rings. The summed E-state index contributed by atoms with van der Waals surface area (Å²) < 4.78 is 5.66. The van der Waals surface area contributed by atoms with E-state index in [-0.39, 0.29) is 28.8 Å². The van der Waals surface area contributed by atoms with Crippen molar-refractivity contribution in [3.8, 4) is 11.3 Å². The van der Waals surface area contributed by atoms with Gasteiger partial charge >= 0.3 is 0 Å². The minimum atomic E-state index is -0.495. The number of carbonyl (C=O) groups is 1. The molecule has 1 saturated carbocycles. The zero-order valence-electron chi connectivity index (χ0n) is 18.5. The minimum Gasteiger partial charge on any atom is -0.455 e. The molecule has 170 valence electrons. The number of amides is 1. The first-order valence-electron chi connectivity index (χ1n) is 10.6. The second kappa shape index (κ2) is 8.83. The predicted octanol–water partition coefficient (Wildman–Crippen LogP) is 6.06. The SMILES string of the molecule is CC(C)(C)c1ccc(C2CC2C(=O)NN=Cc2ccc(-c3cc([N+](=O)[O-])ccc3Cl)o2)cc1. The van der Waals surface area contributed by atoms with Crippen LogP contribution in [0.25, 0.3) is 11.3 Å². The number of nitro benzene ring substituents is 1. The number of non-ortho nitro benzene ring substituents is 1. The van der Waals surface area contributed by atoms with Gasteiger partial charge in [-0.05, 0) is 47.1 Å². The van der Waals surface area contributed by atoms with Crippen LogP contribution in [-0.2, 0) is 10.2 Å². The van der Waals surface area contributed by atoms with Crippen molar-refractivity contribution < 1.29 is 14.1 Å². The zero-order chi connectivity index (χ0) is 23.8. The molecule has 3 aromatic rings. The Kier molecular flexibility index (Phi) is 6.08. The molecule has 0 saturated heterocycles. The summed E-state index contributed by atoms with van der Waals surface area (Å²) in [6.07, 6.45) is 2.19. The van der Waals surface area contributed by atoms with Gasteiger partial charge in [0.15, 0.2) is 0 Å². The molecule has 1 heterocycles. The molecule has 0 radical (unpaired) electrons. The molecule has 7 nitrogen and oxygen atoms in total. The fraction of sp³-hybridized carbons (Fsp3) is 0.280. The largest absolute Gasteiger partial charge is 0.455 e. The number of furan rings is 1. The van der Waals surface area contributed by atoms with Gasteiger partial charge < -0.3 is 4.42 Å². The zero-order valence-corrected chi connectivity index (χ0v) is 19.3. The fourth-order valence-electron chi connectivity index (χ4n) is 3.71. The highest BCUT2D eigenvalue weighted by Gasteiger charge is 2.44. The van der Waals surface area contributed by atoms with Crippen LogP contribution in [0.1, 0.15) is 50.0 Å². The van der Waals surface area contributed by atoms with Gasteiger partial charge in [-0.3, -0.25) is 14.9 Å². The van der Waals surface area contributed by atoms with E-state index in [0.717, 1.165) is 12.0 Å². The van der Waals surface area contributed by atoms with Crippen molar-refractivity contribution >= 4 is 29.4 Å². The summed E-state index contributed by atoms with van der Waals surface area (Å²) >= 11 is 6.15. The summed E-state index contributed by atoms with van der Waals surface area (Å²) in [5.41, 5.74) is 5.42. The van der Waals surface area contributed by atoms with Crippen molar-refractivity contribution in [1.82, 2.24) is 5.43 Å². The summed E-state index contributed by atoms with van der Waals surface area (Å²) in [6.45, 7) is 6.52. The number of nitrogens with zero attached hydrogens (tertiary/aromatic N) is 2. The molecule has 1 aliphatic carbocycles. The Labute approximate surface area is 196 Å². The van der Waals surface area contributed by atoms with E-state index >= 15 is 0 Å².